The van der Waals surface area contributed by atoms with Gasteiger partial charge in [0.25, 0.3) is 0 Å². The third kappa shape index (κ3) is 10.7. The van der Waals surface area contributed by atoms with E-state index >= 15 is 0 Å². The lowest BCUT2D eigenvalue weighted by Crippen LogP contribution is -2.13. The second-order valence-electron chi connectivity index (χ2n) is 6.47. The zero-order valence-electron chi connectivity index (χ0n) is 19.0. The topological polar surface area (TPSA) is 124 Å². The van der Waals surface area contributed by atoms with Gasteiger partial charge in [0.1, 0.15) is 12.6 Å². The maximum atomic E-state index is 9.57. The van der Waals surface area contributed by atoms with Crippen molar-refractivity contribution in [2.75, 3.05) is 33.4 Å². The van der Waals surface area contributed by atoms with E-state index in [1.165, 1.54) is 6.33 Å². The summed E-state index contributed by atoms with van der Waals surface area (Å²) in [4.78, 5) is 15.5. The summed E-state index contributed by atoms with van der Waals surface area (Å²) in [7, 11) is 5.58. The van der Waals surface area contributed by atoms with Crippen LogP contribution in [0.15, 0.2) is 61.6 Å². The van der Waals surface area contributed by atoms with Crippen LogP contribution in [0.5, 0.6) is 0 Å². The second kappa shape index (κ2) is 16.3. The highest BCUT2D eigenvalue weighted by Crippen LogP contribution is 2.22. The Morgan fingerprint density at radius 3 is 2.55 bits per heavy atom. The van der Waals surface area contributed by atoms with Gasteiger partial charge in [0.05, 0.1) is 6.54 Å². The fourth-order valence-corrected chi connectivity index (χ4v) is 2.28. The maximum absolute atomic E-state index is 9.57. The Labute approximate surface area is 185 Å². The third-order valence-electron chi connectivity index (χ3n) is 3.85. The van der Waals surface area contributed by atoms with E-state index < -0.39 is 0 Å². The van der Waals surface area contributed by atoms with E-state index in [0.29, 0.717) is 35.8 Å². The highest BCUT2D eigenvalue weighted by Gasteiger charge is 2.09. The summed E-state index contributed by atoms with van der Waals surface area (Å²) in [6.45, 7) is 8.61. The normalized spacial score (nSPS) is 10.7. The molecule has 1 aromatic heterocycles. The van der Waals surface area contributed by atoms with Crippen LogP contribution in [0.1, 0.15) is 25.3 Å². The first-order valence-corrected chi connectivity index (χ1v) is 9.88. The first-order valence-electron chi connectivity index (χ1n) is 9.88. The molecule has 168 valence electrons. The van der Waals surface area contributed by atoms with Gasteiger partial charge in [0.2, 0.25) is 0 Å². The molecule has 8 heteroatoms. The number of aldehydes is 1. The predicted molar refractivity (Wildman–Crippen MR) is 130 cm³/mol. The summed E-state index contributed by atoms with van der Waals surface area (Å²) in [5.74, 6) is 0.663. The van der Waals surface area contributed by atoms with Gasteiger partial charge < -0.3 is 26.2 Å². The fraction of sp³-hybridized carbons (Fsp3) is 0.304. The van der Waals surface area contributed by atoms with E-state index in [2.05, 4.69) is 46.7 Å². The number of anilines is 1. The van der Waals surface area contributed by atoms with Gasteiger partial charge in [-0.05, 0) is 44.8 Å². The average molecular weight is 426 g/mol. The highest BCUT2D eigenvalue weighted by atomic mass is 16.1. The van der Waals surface area contributed by atoms with E-state index in [-0.39, 0.29) is 0 Å². The van der Waals surface area contributed by atoms with E-state index in [1.54, 1.807) is 6.07 Å². The minimum absolute atomic E-state index is 0.460. The number of benzene rings is 1. The minimum atomic E-state index is 0.460. The van der Waals surface area contributed by atoms with Crippen LogP contribution in [0.4, 0.5) is 5.69 Å². The molecule has 5 N–H and O–H groups in total. The molecule has 2 aromatic rings. The molecule has 1 heterocycles. The molecule has 8 nitrogen and oxygen atoms in total. The predicted octanol–water partition coefficient (Wildman–Crippen LogP) is 3.43. The van der Waals surface area contributed by atoms with Gasteiger partial charge in [-0.15, -0.1) is 13.2 Å². The summed E-state index contributed by atoms with van der Waals surface area (Å²) in [5.41, 5.74) is 9.63. The Morgan fingerprint density at radius 2 is 2.06 bits per heavy atom. The number of hydrogen-bond acceptors (Lipinski definition) is 7. The van der Waals surface area contributed by atoms with Gasteiger partial charge in [-0.25, -0.2) is 4.98 Å². The van der Waals surface area contributed by atoms with Crippen LogP contribution in [-0.2, 0) is 4.79 Å². The van der Waals surface area contributed by atoms with E-state index in [1.807, 2.05) is 50.3 Å². The molecule has 0 amide bonds. The van der Waals surface area contributed by atoms with Crippen LogP contribution in [0.25, 0.3) is 11.4 Å². The van der Waals surface area contributed by atoms with Gasteiger partial charge in [0.15, 0.2) is 5.82 Å². The van der Waals surface area contributed by atoms with Crippen LogP contribution in [0, 0.1) is 5.41 Å². The van der Waals surface area contributed by atoms with Crippen molar-refractivity contribution in [1.82, 2.24) is 25.4 Å². The zero-order chi connectivity index (χ0) is 23.6. The molecular weight excluding hydrogens is 390 g/mol. The Hall–Kier alpha value is -3.52. The number of H-pyrrole nitrogens is 1. The van der Waals surface area contributed by atoms with E-state index in [9.17, 15) is 4.79 Å². The molecule has 2 rings (SSSR count). The van der Waals surface area contributed by atoms with Crippen molar-refractivity contribution in [2.45, 2.75) is 19.8 Å². The lowest BCUT2D eigenvalue weighted by Gasteiger charge is -2.08. The summed E-state index contributed by atoms with van der Waals surface area (Å²) in [6.07, 6.45) is 9.87. The summed E-state index contributed by atoms with van der Waals surface area (Å²) < 4.78 is 0. The van der Waals surface area contributed by atoms with Crippen LogP contribution < -0.4 is 11.1 Å². The monoisotopic (exact) mass is 425 g/mol. The van der Waals surface area contributed by atoms with Crippen molar-refractivity contribution in [3.63, 3.8) is 0 Å². The minimum Gasteiger partial charge on any atom is -0.398 e. The summed E-state index contributed by atoms with van der Waals surface area (Å²) >= 11 is 0. The van der Waals surface area contributed by atoms with Crippen LogP contribution in [0.2, 0.25) is 0 Å². The molecule has 1 aromatic carbocycles. The number of aromatic amines is 1. The van der Waals surface area contributed by atoms with Crippen LogP contribution in [0.3, 0.4) is 0 Å². The molecular formula is C23H35N7O. The third-order valence-corrected chi connectivity index (χ3v) is 3.85. The Morgan fingerprint density at radius 1 is 1.35 bits per heavy atom. The second-order valence-corrected chi connectivity index (χ2v) is 6.47. The number of nitrogens with zero attached hydrogens (tertiary/aromatic N) is 3. The van der Waals surface area contributed by atoms with Crippen molar-refractivity contribution in [3.8, 4) is 11.4 Å². The SMILES string of the molecule is C=C.CC/C=C\C(=C/CC(=N)c1cc(-c2ncn[nH]2)ccc1N)NC.CN(C)CC=O. The quantitative estimate of drug-likeness (QED) is 0.160. The number of allylic oxidation sites excluding steroid dienone is 3. The molecule has 0 saturated carbocycles. The van der Waals surface area contributed by atoms with Crippen LogP contribution >= 0.6 is 0 Å². The molecule has 0 unspecified atom stereocenters. The molecule has 0 aliphatic heterocycles. The number of nitrogens with one attached hydrogen (secondary N) is 3. The number of carbonyl (C=O) groups is 1. The number of aromatic nitrogens is 3. The number of hydrogen-bond donors (Lipinski definition) is 4. The Kier molecular flexibility index (Phi) is 14.4. The molecule has 0 radical (unpaired) electrons. The van der Waals surface area contributed by atoms with Gasteiger partial charge >= 0.3 is 0 Å². The number of nitrogen functional groups attached to an aromatic ring is 1. The maximum Gasteiger partial charge on any atom is 0.155 e. The van der Waals surface area contributed by atoms with Crippen molar-refractivity contribution in [1.29, 1.82) is 5.41 Å². The number of likely N-dealkylation sites (N-methyl/N-ethyl adjacent to an activating group) is 2. The zero-order valence-corrected chi connectivity index (χ0v) is 19.0. The molecule has 0 aliphatic rings. The molecule has 0 spiro atoms. The lowest BCUT2D eigenvalue weighted by molar-refractivity contribution is -0.108. The molecule has 0 bridgehead atoms. The number of carbonyl (C=O) groups excluding carboxylic acids is 1. The van der Waals surface area contributed by atoms with Gasteiger partial charge in [-0.1, -0.05) is 19.1 Å². The molecule has 0 atom stereocenters. The molecule has 0 aliphatic carbocycles. The standard InChI is InChI=1S/C17H22N6.C4H9NO.C2H4/c1-3-4-5-13(20-2)7-9-16(19)14-10-12(6-8-15(14)18)17-21-11-22-23-17;1-5(2)3-4-6;1-2/h4-8,10-11,19-20H,3,9,18H2,1-2H3,(H,21,22,23);4H,3H2,1-2H3;1-2H2/b5-4-,13-7+,19-16?;;. The van der Waals surface area contributed by atoms with E-state index in [0.717, 1.165) is 24.0 Å². The largest absolute Gasteiger partial charge is 0.398 e. The lowest BCUT2D eigenvalue weighted by atomic mass is 10.0. The van der Waals surface area contributed by atoms with Crippen molar-refractivity contribution >= 4 is 17.7 Å². The first-order chi connectivity index (χ1) is 14.9. The van der Waals surface area contributed by atoms with Gasteiger partial charge in [0, 0.05) is 41.7 Å². The van der Waals surface area contributed by atoms with Crippen molar-refractivity contribution < 1.29 is 4.79 Å². The van der Waals surface area contributed by atoms with Crippen LogP contribution in [-0.4, -0.2) is 59.8 Å². The summed E-state index contributed by atoms with van der Waals surface area (Å²) in [5, 5.41) is 18.1. The fourth-order valence-electron chi connectivity index (χ4n) is 2.28. The van der Waals surface area contributed by atoms with E-state index in [4.69, 9.17) is 11.1 Å². The smallest absolute Gasteiger partial charge is 0.155 e. The average Bonchev–Trinajstić information content (AvgIpc) is 3.31. The molecule has 31 heavy (non-hydrogen) atoms. The van der Waals surface area contributed by atoms with Crippen molar-refractivity contribution in [2.24, 2.45) is 0 Å². The number of rotatable bonds is 9. The molecule has 0 saturated heterocycles. The summed E-state index contributed by atoms with van der Waals surface area (Å²) in [6, 6.07) is 5.53. The van der Waals surface area contributed by atoms with Gasteiger partial charge in [-0.3, -0.25) is 5.10 Å². The first kappa shape index (κ1) is 27.5. The van der Waals surface area contributed by atoms with Crippen molar-refractivity contribution in [3.05, 3.63) is 67.2 Å². The number of nitrogens with two attached hydrogens (primary N) is 1. The molecule has 0 fully saturated rings. The Balaban J connectivity index is 0.000000970. The highest BCUT2D eigenvalue weighted by molar-refractivity contribution is 6.04. The Bertz CT molecular complexity index is 840. The van der Waals surface area contributed by atoms with Gasteiger partial charge in [-0.2, -0.15) is 5.10 Å².